The number of hydrogen-bond acceptors (Lipinski definition) is 6. The fourth-order valence-corrected chi connectivity index (χ4v) is 4.82. The van der Waals surface area contributed by atoms with Crippen molar-refractivity contribution in [1.29, 1.82) is 5.41 Å². The Bertz CT molecular complexity index is 1550. The summed E-state index contributed by atoms with van der Waals surface area (Å²) in [6, 6.07) is 22.8. The van der Waals surface area contributed by atoms with Gasteiger partial charge in [0.1, 0.15) is 17.9 Å². The number of imide groups is 1. The molecular formula is C31H33N7O6. The van der Waals surface area contributed by atoms with Crippen LogP contribution in [-0.2, 0) is 33.0 Å². The van der Waals surface area contributed by atoms with Crippen LogP contribution in [0.15, 0.2) is 84.9 Å². The second-order valence-electron chi connectivity index (χ2n) is 10.3. The summed E-state index contributed by atoms with van der Waals surface area (Å²) in [5.74, 6) is -2.72. The number of amidine groups is 1. The summed E-state index contributed by atoms with van der Waals surface area (Å²) >= 11 is 0. The zero-order valence-electron chi connectivity index (χ0n) is 24.0. The molecule has 13 nitrogen and oxygen atoms in total. The summed E-state index contributed by atoms with van der Waals surface area (Å²) in [6.45, 7) is 0.744. The van der Waals surface area contributed by atoms with Crippen molar-refractivity contribution in [3.8, 4) is 0 Å². The number of hydrogen-bond donors (Lipinski definition) is 5. The van der Waals surface area contributed by atoms with Crippen LogP contribution in [0.1, 0.15) is 35.6 Å². The summed E-state index contributed by atoms with van der Waals surface area (Å²) < 4.78 is 0. The molecule has 0 aromatic heterocycles. The number of nitrogens with two attached hydrogens (primary N) is 1. The molecule has 0 bridgehead atoms. The van der Waals surface area contributed by atoms with Crippen LogP contribution in [0.2, 0.25) is 0 Å². The first-order chi connectivity index (χ1) is 21.0. The fourth-order valence-electron chi connectivity index (χ4n) is 4.82. The molecule has 1 fully saturated rings. The van der Waals surface area contributed by atoms with Crippen LogP contribution in [-0.4, -0.2) is 68.7 Å². The maximum absolute atomic E-state index is 14.0. The minimum absolute atomic E-state index is 0.0618. The number of urea groups is 2. The van der Waals surface area contributed by atoms with Gasteiger partial charge in [-0.25, -0.2) is 14.6 Å². The Morgan fingerprint density at radius 3 is 2.09 bits per heavy atom. The first-order valence-corrected chi connectivity index (χ1v) is 13.7. The molecule has 1 atom stereocenters. The van der Waals surface area contributed by atoms with Gasteiger partial charge in [0, 0.05) is 18.7 Å². The van der Waals surface area contributed by atoms with E-state index in [0.717, 1.165) is 15.5 Å². The second-order valence-corrected chi connectivity index (χ2v) is 10.3. The Kier molecular flexibility index (Phi) is 9.58. The molecule has 13 heteroatoms. The van der Waals surface area contributed by atoms with E-state index in [1.165, 1.54) is 4.90 Å². The number of carbonyl (C=O) groups is 5. The minimum atomic E-state index is -1.50. The number of aliphatic carboxylic acids is 1. The molecule has 6 N–H and O–H groups in total. The average Bonchev–Trinajstić information content (AvgIpc) is 3.18. The largest absolute Gasteiger partial charge is 0.481 e. The molecule has 3 aromatic carbocycles. The van der Waals surface area contributed by atoms with E-state index in [9.17, 15) is 24.0 Å². The topological polar surface area (TPSA) is 189 Å². The third kappa shape index (κ3) is 7.01. The maximum Gasteiger partial charge on any atom is 0.336 e. The smallest absolute Gasteiger partial charge is 0.336 e. The van der Waals surface area contributed by atoms with Gasteiger partial charge < -0.3 is 21.1 Å². The number of nitrogens with one attached hydrogen (secondary N) is 3. The fraction of sp³-hybridized carbons (Fsp3) is 0.226. The SMILES string of the molecule is C[C@]1(c2ccc(C(=N)N)cc2)C(=O)N(CC(=O)NN(Cc2ccccc2)C(=O)NCCC(=O)O)C(=O)N1Cc1ccccc1. The van der Waals surface area contributed by atoms with E-state index in [1.54, 1.807) is 61.5 Å². The van der Waals surface area contributed by atoms with E-state index in [0.29, 0.717) is 16.7 Å². The summed E-state index contributed by atoms with van der Waals surface area (Å²) in [5, 5.41) is 20.0. The summed E-state index contributed by atoms with van der Waals surface area (Å²) in [4.78, 5) is 67.0. The third-order valence-electron chi connectivity index (χ3n) is 7.21. The molecule has 1 aliphatic heterocycles. The van der Waals surface area contributed by atoms with Crippen molar-refractivity contribution < 1.29 is 29.1 Å². The van der Waals surface area contributed by atoms with Gasteiger partial charge in [-0.15, -0.1) is 0 Å². The quantitative estimate of drug-likeness (QED) is 0.0967. The number of nitrogens with zero attached hydrogens (tertiary/aromatic N) is 3. The molecule has 0 spiro atoms. The van der Waals surface area contributed by atoms with Gasteiger partial charge in [-0.3, -0.25) is 30.1 Å². The van der Waals surface area contributed by atoms with E-state index in [1.807, 2.05) is 30.3 Å². The highest BCUT2D eigenvalue weighted by Crippen LogP contribution is 2.38. The van der Waals surface area contributed by atoms with Crippen molar-refractivity contribution in [2.75, 3.05) is 13.1 Å². The van der Waals surface area contributed by atoms with Gasteiger partial charge in [0.05, 0.1) is 13.0 Å². The third-order valence-corrected chi connectivity index (χ3v) is 7.21. The van der Waals surface area contributed by atoms with Crippen molar-refractivity contribution in [3.05, 3.63) is 107 Å². The number of nitrogen functional groups attached to an aromatic ring is 1. The van der Waals surface area contributed by atoms with E-state index < -0.39 is 41.9 Å². The molecule has 228 valence electrons. The van der Waals surface area contributed by atoms with Crippen molar-refractivity contribution >= 4 is 35.7 Å². The number of carboxylic acid groups (broad SMARTS) is 1. The van der Waals surface area contributed by atoms with E-state index in [-0.39, 0.29) is 31.9 Å². The number of benzene rings is 3. The number of carbonyl (C=O) groups excluding carboxylic acids is 4. The number of rotatable bonds is 11. The second kappa shape index (κ2) is 13.5. The highest BCUT2D eigenvalue weighted by Gasteiger charge is 2.55. The van der Waals surface area contributed by atoms with Crippen LogP contribution in [0, 0.1) is 5.41 Å². The zero-order valence-corrected chi connectivity index (χ0v) is 24.0. The van der Waals surface area contributed by atoms with Crippen molar-refractivity contribution in [1.82, 2.24) is 25.6 Å². The predicted octanol–water partition coefficient (Wildman–Crippen LogP) is 2.37. The molecule has 1 aliphatic rings. The van der Waals surface area contributed by atoms with Crippen LogP contribution >= 0.6 is 0 Å². The average molecular weight is 600 g/mol. The molecule has 0 aliphatic carbocycles. The van der Waals surface area contributed by atoms with E-state index >= 15 is 0 Å². The molecule has 0 radical (unpaired) electrons. The molecule has 0 unspecified atom stereocenters. The molecule has 44 heavy (non-hydrogen) atoms. The highest BCUT2D eigenvalue weighted by atomic mass is 16.4. The van der Waals surface area contributed by atoms with Gasteiger partial charge in [-0.1, -0.05) is 84.9 Å². The Morgan fingerprint density at radius 1 is 0.932 bits per heavy atom. The number of carboxylic acids is 1. The highest BCUT2D eigenvalue weighted by molar-refractivity contribution is 6.09. The molecule has 6 amide bonds. The lowest BCUT2D eigenvalue weighted by Crippen LogP contribution is -2.53. The van der Waals surface area contributed by atoms with Gasteiger partial charge in [-0.05, 0) is 23.6 Å². The molecule has 0 saturated carbocycles. The molecule has 3 aromatic rings. The normalized spacial score (nSPS) is 16.0. The lowest BCUT2D eigenvalue weighted by molar-refractivity contribution is -0.137. The zero-order chi connectivity index (χ0) is 31.9. The van der Waals surface area contributed by atoms with Gasteiger partial charge in [0.25, 0.3) is 11.8 Å². The van der Waals surface area contributed by atoms with Crippen molar-refractivity contribution in [3.63, 3.8) is 0 Å². The Labute approximate surface area is 253 Å². The van der Waals surface area contributed by atoms with Crippen LogP contribution in [0.4, 0.5) is 9.59 Å². The van der Waals surface area contributed by atoms with Gasteiger partial charge in [-0.2, -0.15) is 0 Å². The Morgan fingerprint density at radius 2 is 1.52 bits per heavy atom. The standard InChI is InChI=1S/C31H33N7O6/c1-31(24-14-12-23(13-15-24)27(32)33)28(42)36(30(44)37(31)18-21-8-4-2-5-9-21)20-25(39)35-38(19-22-10-6-3-7-11-22)29(43)34-17-16-26(40)41/h2-15H,16-20H2,1H3,(H3,32,33)(H,34,43)(H,35,39)(H,40,41)/t31-/m0/s1. The predicted molar refractivity (Wildman–Crippen MR) is 160 cm³/mol. The summed E-state index contributed by atoms with van der Waals surface area (Å²) in [7, 11) is 0. The summed E-state index contributed by atoms with van der Waals surface area (Å²) in [6.07, 6.45) is -0.321. The lowest BCUT2D eigenvalue weighted by Gasteiger charge is -2.32. The summed E-state index contributed by atoms with van der Waals surface area (Å²) in [5.41, 5.74) is 8.89. The maximum atomic E-state index is 14.0. The first-order valence-electron chi connectivity index (χ1n) is 13.7. The molecular weight excluding hydrogens is 566 g/mol. The van der Waals surface area contributed by atoms with E-state index in [2.05, 4.69) is 10.7 Å². The first kappa shape index (κ1) is 31.2. The lowest BCUT2D eigenvalue weighted by atomic mass is 9.89. The van der Waals surface area contributed by atoms with Crippen LogP contribution in [0.25, 0.3) is 0 Å². The number of hydrazine groups is 1. The van der Waals surface area contributed by atoms with Crippen LogP contribution in [0.3, 0.4) is 0 Å². The van der Waals surface area contributed by atoms with Gasteiger partial charge >= 0.3 is 18.0 Å². The van der Waals surface area contributed by atoms with E-state index in [4.69, 9.17) is 16.2 Å². The molecule has 1 saturated heterocycles. The van der Waals surface area contributed by atoms with Crippen LogP contribution in [0.5, 0.6) is 0 Å². The monoisotopic (exact) mass is 599 g/mol. The molecule has 1 heterocycles. The number of amides is 6. The van der Waals surface area contributed by atoms with Crippen molar-refractivity contribution in [2.24, 2.45) is 5.73 Å². The Balaban J connectivity index is 1.58. The minimum Gasteiger partial charge on any atom is -0.481 e. The van der Waals surface area contributed by atoms with Gasteiger partial charge in [0.15, 0.2) is 0 Å². The molecule has 4 rings (SSSR count). The van der Waals surface area contributed by atoms with Crippen LogP contribution < -0.4 is 16.5 Å². The Hall–Kier alpha value is -5.72. The van der Waals surface area contributed by atoms with Crippen molar-refractivity contribution in [2.45, 2.75) is 32.0 Å². The van der Waals surface area contributed by atoms with Gasteiger partial charge in [0.2, 0.25) is 0 Å².